The molecule has 4 aliphatic carbocycles. The van der Waals surface area contributed by atoms with Gasteiger partial charge in [0.1, 0.15) is 6.67 Å². The molecule has 1 N–H and O–H groups in total. The van der Waals surface area contributed by atoms with E-state index in [1.807, 2.05) is 0 Å². The summed E-state index contributed by atoms with van der Waals surface area (Å²) in [6, 6.07) is 10.6. The largest absolute Gasteiger partial charge is 0.390 e. The Morgan fingerprint density at radius 1 is 1.00 bits per heavy atom. The predicted octanol–water partition coefficient (Wildman–Crippen LogP) is 6.81. The van der Waals surface area contributed by atoms with Crippen LogP contribution >= 0.6 is 0 Å². The first-order valence-electron chi connectivity index (χ1n) is 13.4. The van der Waals surface area contributed by atoms with Crippen molar-refractivity contribution in [2.45, 2.75) is 90.4 Å². The summed E-state index contributed by atoms with van der Waals surface area (Å²) >= 11 is 0. The maximum atomic E-state index is 13.2. The second-order valence-corrected chi connectivity index (χ2v) is 12.0. The minimum atomic E-state index is -0.782. The van der Waals surface area contributed by atoms with Gasteiger partial charge in [0.25, 0.3) is 0 Å². The van der Waals surface area contributed by atoms with Crippen molar-refractivity contribution in [2.24, 2.45) is 46.8 Å². The summed E-state index contributed by atoms with van der Waals surface area (Å²) in [5.41, 5.74) is 1.59. The average molecular weight is 443 g/mol. The van der Waals surface area contributed by atoms with Crippen LogP contribution in [0.4, 0.5) is 4.39 Å². The van der Waals surface area contributed by atoms with Crippen molar-refractivity contribution < 1.29 is 14.2 Å². The second kappa shape index (κ2) is 9.37. The van der Waals surface area contributed by atoms with E-state index in [-0.39, 0.29) is 5.92 Å². The molecule has 1 aromatic rings. The Kier molecular flexibility index (Phi) is 6.69. The molecule has 3 heteroatoms. The highest BCUT2D eigenvalue weighted by Crippen LogP contribution is 2.65. The zero-order valence-electron chi connectivity index (χ0n) is 20.1. The van der Waals surface area contributed by atoms with Crippen LogP contribution in [0.2, 0.25) is 0 Å². The Hall–Kier alpha value is -0.930. The smallest absolute Gasteiger partial charge is 0.116 e. The van der Waals surface area contributed by atoms with Crippen LogP contribution in [0.25, 0.3) is 0 Å². The summed E-state index contributed by atoms with van der Waals surface area (Å²) < 4.78 is 19.6. The van der Waals surface area contributed by atoms with E-state index in [1.54, 1.807) is 0 Å². The molecule has 1 unspecified atom stereocenters. The molecule has 0 amide bonds. The lowest BCUT2D eigenvalue weighted by Gasteiger charge is -2.57. The van der Waals surface area contributed by atoms with Gasteiger partial charge < -0.3 is 9.84 Å². The Labute approximate surface area is 194 Å². The molecule has 4 saturated carbocycles. The SMILES string of the molecule is C[C@H](C(O)CF)[C@H]1CC[C@H]2[C@@H]3CC[C@@H]4C[C@H](OCc5ccccc5)CC[C@@H]4[C@H]3CC[C@]12C. The molecule has 0 bridgehead atoms. The third kappa shape index (κ3) is 4.06. The molecular formula is C29H43FO2. The van der Waals surface area contributed by atoms with Gasteiger partial charge in [-0.25, -0.2) is 4.39 Å². The van der Waals surface area contributed by atoms with Crippen molar-refractivity contribution >= 4 is 0 Å². The van der Waals surface area contributed by atoms with Gasteiger partial charge in [0.2, 0.25) is 0 Å². The van der Waals surface area contributed by atoms with Crippen LogP contribution in [0.5, 0.6) is 0 Å². The highest BCUT2D eigenvalue weighted by atomic mass is 19.1. The minimum Gasteiger partial charge on any atom is -0.390 e. The lowest BCUT2D eigenvalue weighted by molar-refractivity contribution is -0.0987. The number of aliphatic hydroxyl groups is 1. The van der Waals surface area contributed by atoms with Crippen LogP contribution in [0.3, 0.4) is 0 Å². The molecule has 0 heterocycles. The fourth-order valence-corrected chi connectivity index (χ4v) is 9.06. The van der Waals surface area contributed by atoms with E-state index < -0.39 is 12.8 Å². The van der Waals surface area contributed by atoms with E-state index in [9.17, 15) is 9.50 Å². The molecule has 10 atom stereocenters. The van der Waals surface area contributed by atoms with Crippen molar-refractivity contribution in [1.29, 1.82) is 0 Å². The summed E-state index contributed by atoms with van der Waals surface area (Å²) in [4.78, 5) is 0. The molecule has 5 rings (SSSR count). The molecule has 178 valence electrons. The molecule has 0 spiro atoms. The van der Waals surface area contributed by atoms with E-state index >= 15 is 0 Å². The van der Waals surface area contributed by atoms with E-state index in [4.69, 9.17) is 4.74 Å². The Morgan fingerprint density at radius 2 is 1.78 bits per heavy atom. The van der Waals surface area contributed by atoms with Gasteiger partial charge in [-0.15, -0.1) is 0 Å². The summed E-state index contributed by atoms with van der Waals surface area (Å²) in [7, 11) is 0. The van der Waals surface area contributed by atoms with Gasteiger partial charge in [0, 0.05) is 0 Å². The maximum Gasteiger partial charge on any atom is 0.116 e. The van der Waals surface area contributed by atoms with Crippen molar-refractivity contribution in [3.8, 4) is 0 Å². The fraction of sp³-hybridized carbons (Fsp3) is 0.793. The zero-order valence-corrected chi connectivity index (χ0v) is 20.1. The first kappa shape index (κ1) is 22.8. The molecule has 2 nitrogen and oxygen atoms in total. The number of ether oxygens (including phenoxy) is 1. The summed E-state index contributed by atoms with van der Waals surface area (Å²) in [5, 5.41) is 10.2. The van der Waals surface area contributed by atoms with Crippen molar-refractivity contribution in [3.63, 3.8) is 0 Å². The first-order chi connectivity index (χ1) is 15.5. The van der Waals surface area contributed by atoms with Gasteiger partial charge in [-0.2, -0.15) is 0 Å². The van der Waals surface area contributed by atoms with Gasteiger partial charge in [0.05, 0.1) is 18.8 Å². The van der Waals surface area contributed by atoms with Gasteiger partial charge in [-0.05, 0) is 110 Å². The molecule has 1 aromatic carbocycles. The van der Waals surface area contributed by atoms with Crippen molar-refractivity contribution in [3.05, 3.63) is 35.9 Å². The van der Waals surface area contributed by atoms with Crippen LogP contribution < -0.4 is 0 Å². The third-order valence-electron chi connectivity index (χ3n) is 10.7. The van der Waals surface area contributed by atoms with E-state index in [0.29, 0.717) is 17.4 Å². The molecule has 4 aliphatic rings. The van der Waals surface area contributed by atoms with Gasteiger partial charge in [-0.3, -0.25) is 0 Å². The number of fused-ring (bicyclic) bond motifs is 5. The standard InChI is InChI=1S/C29H43FO2/c1-19(28(31)17-30)26-12-13-27-25-10-8-21-16-22(32-18-20-6-4-3-5-7-20)9-11-23(21)24(25)14-15-29(26,27)2/h3-7,19,21-28,31H,8-18H2,1-2H3/t19-,21+,22+,23-,24+,25+,26+,27-,28?,29+/m0/s1. The quantitative estimate of drug-likeness (QED) is 0.524. The number of hydrogen-bond donors (Lipinski definition) is 1. The number of hydrogen-bond acceptors (Lipinski definition) is 2. The number of aliphatic hydroxyl groups excluding tert-OH is 1. The minimum absolute atomic E-state index is 0.0834. The first-order valence-corrected chi connectivity index (χ1v) is 13.4. The van der Waals surface area contributed by atoms with E-state index in [1.165, 1.54) is 63.4 Å². The van der Waals surface area contributed by atoms with Gasteiger partial charge >= 0.3 is 0 Å². The summed E-state index contributed by atoms with van der Waals surface area (Å²) in [6.07, 6.45) is 11.3. The van der Waals surface area contributed by atoms with Crippen LogP contribution in [0, 0.1) is 46.8 Å². The van der Waals surface area contributed by atoms with Crippen LogP contribution in [-0.4, -0.2) is 24.0 Å². The van der Waals surface area contributed by atoms with Crippen LogP contribution in [-0.2, 0) is 11.3 Å². The van der Waals surface area contributed by atoms with Gasteiger partial charge in [-0.1, -0.05) is 44.2 Å². The molecule has 0 saturated heterocycles. The Balaban J connectivity index is 1.21. The molecule has 0 radical (unpaired) electrons. The molecule has 0 aromatic heterocycles. The van der Waals surface area contributed by atoms with E-state index in [0.717, 1.165) is 36.2 Å². The lowest BCUT2D eigenvalue weighted by Crippen LogP contribution is -2.50. The second-order valence-electron chi connectivity index (χ2n) is 12.0. The van der Waals surface area contributed by atoms with Crippen molar-refractivity contribution in [2.75, 3.05) is 6.67 Å². The number of alkyl halides is 1. The zero-order chi connectivity index (χ0) is 22.3. The predicted molar refractivity (Wildman–Crippen MR) is 127 cm³/mol. The fourth-order valence-electron chi connectivity index (χ4n) is 9.06. The average Bonchev–Trinajstić information content (AvgIpc) is 3.19. The number of rotatable bonds is 6. The maximum absolute atomic E-state index is 13.2. The monoisotopic (exact) mass is 442 g/mol. The molecular weight excluding hydrogens is 399 g/mol. The lowest BCUT2D eigenvalue weighted by atomic mass is 9.49. The number of benzene rings is 1. The summed E-state index contributed by atoms with van der Waals surface area (Å²) in [6.45, 7) is 4.75. The highest BCUT2D eigenvalue weighted by Gasteiger charge is 2.58. The van der Waals surface area contributed by atoms with Gasteiger partial charge in [0.15, 0.2) is 0 Å². The Bertz CT molecular complexity index is 753. The Morgan fingerprint density at radius 3 is 2.56 bits per heavy atom. The van der Waals surface area contributed by atoms with Crippen molar-refractivity contribution in [1.82, 2.24) is 0 Å². The van der Waals surface area contributed by atoms with E-state index in [2.05, 4.69) is 44.2 Å². The van der Waals surface area contributed by atoms with Crippen LogP contribution in [0.15, 0.2) is 30.3 Å². The highest BCUT2D eigenvalue weighted by molar-refractivity contribution is 5.13. The normalized spacial score (nSPS) is 43.1. The molecule has 4 fully saturated rings. The molecule has 0 aliphatic heterocycles. The third-order valence-corrected chi connectivity index (χ3v) is 10.7. The number of halogens is 1. The molecule has 32 heavy (non-hydrogen) atoms. The summed E-state index contributed by atoms with van der Waals surface area (Å²) in [5.74, 6) is 4.84. The van der Waals surface area contributed by atoms with Crippen LogP contribution in [0.1, 0.15) is 77.2 Å². The topological polar surface area (TPSA) is 29.5 Å².